The highest BCUT2D eigenvalue weighted by molar-refractivity contribution is 7.91. The molecule has 5 nitrogen and oxygen atoms in total. The summed E-state index contributed by atoms with van der Waals surface area (Å²) in [5.41, 5.74) is -0.0689. The van der Waals surface area contributed by atoms with Crippen molar-refractivity contribution in [3.05, 3.63) is 29.8 Å². The normalized spacial score (nSPS) is 10.8. The molecule has 0 aromatic heterocycles. The van der Waals surface area contributed by atoms with Gasteiger partial charge in [-0.3, -0.25) is 0 Å². The van der Waals surface area contributed by atoms with Gasteiger partial charge in [0.2, 0.25) is 0 Å². The zero-order chi connectivity index (χ0) is 13.6. The number of terminal acetylenes is 1. The second-order valence-corrected chi connectivity index (χ2v) is 5.52. The Morgan fingerprint density at radius 2 is 2.17 bits per heavy atom. The van der Waals surface area contributed by atoms with Gasteiger partial charge in [0, 0.05) is 0 Å². The standard InChI is InChI=1S/C12H12O5S/c1-2-6-17-7-8-18(15,16)11-5-3-4-10(9-11)12(13)14/h1,3-5,9H,6-8H2,(H,13,14). The van der Waals surface area contributed by atoms with Crippen LogP contribution in [0.5, 0.6) is 0 Å². The van der Waals surface area contributed by atoms with Crippen molar-refractivity contribution in [1.82, 2.24) is 0 Å². The zero-order valence-electron chi connectivity index (χ0n) is 9.50. The Morgan fingerprint density at radius 3 is 2.78 bits per heavy atom. The minimum Gasteiger partial charge on any atom is -0.478 e. The lowest BCUT2D eigenvalue weighted by molar-refractivity contribution is 0.0696. The summed E-state index contributed by atoms with van der Waals surface area (Å²) < 4.78 is 28.6. The van der Waals surface area contributed by atoms with Crippen LogP contribution in [0.25, 0.3) is 0 Å². The first kappa shape index (κ1) is 14.2. The second kappa shape index (κ2) is 6.19. The fourth-order valence-corrected chi connectivity index (χ4v) is 2.41. The van der Waals surface area contributed by atoms with Crippen LogP contribution in [0, 0.1) is 12.3 Å². The van der Waals surface area contributed by atoms with Crippen LogP contribution in [-0.4, -0.2) is 38.5 Å². The summed E-state index contributed by atoms with van der Waals surface area (Å²) in [6.07, 6.45) is 4.95. The van der Waals surface area contributed by atoms with Crippen LogP contribution in [0.2, 0.25) is 0 Å². The van der Waals surface area contributed by atoms with Crippen LogP contribution in [-0.2, 0) is 14.6 Å². The highest BCUT2D eigenvalue weighted by Crippen LogP contribution is 2.13. The number of rotatable bonds is 6. The Hall–Kier alpha value is -1.84. The molecule has 1 aromatic rings. The van der Waals surface area contributed by atoms with Crippen LogP contribution in [0.4, 0.5) is 0 Å². The summed E-state index contributed by atoms with van der Waals surface area (Å²) in [6, 6.07) is 5.19. The molecule has 0 heterocycles. The molecule has 1 rings (SSSR count). The molecule has 0 aliphatic rings. The van der Waals surface area contributed by atoms with Crippen molar-refractivity contribution in [1.29, 1.82) is 0 Å². The van der Waals surface area contributed by atoms with Gasteiger partial charge in [0.1, 0.15) is 6.61 Å². The molecule has 96 valence electrons. The minimum atomic E-state index is -3.55. The lowest BCUT2D eigenvalue weighted by Crippen LogP contribution is -2.13. The number of hydrogen-bond donors (Lipinski definition) is 1. The van der Waals surface area contributed by atoms with Crippen molar-refractivity contribution >= 4 is 15.8 Å². The summed E-state index contributed by atoms with van der Waals surface area (Å²) in [4.78, 5) is 10.7. The topological polar surface area (TPSA) is 80.7 Å². The lowest BCUT2D eigenvalue weighted by Gasteiger charge is -2.05. The number of carboxylic acid groups (broad SMARTS) is 1. The molecule has 1 aromatic carbocycles. The molecule has 1 N–H and O–H groups in total. The van der Waals surface area contributed by atoms with Crippen molar-refractivity contribution < 1.29 is 23.1 Å². The van der Waals surface area contributed by atoms with E-state index in [1.165, 1.54) is 18.2 Å². The van der Waals surface area contributed by atoms with E-state index in [1.54, 1.807) is 0 Å². The molecular weight excluding hydrogens is 256 g/mol. The zero-order valence-corrected chi connectivity index (χ0v) is 10.3. The molecule has 0 radical (unpaired) electrons. The first-order valence-electron chi connectivity index (χ1n) is 5.04. The number of aromatic carboxylic acids is 1. The van der Waals surface area contributed by atoms with Crippen LogP contribution in [0.3, 0.4) is 0 Å². The van der Waals surface area contributed by atoms with Crippen molar-refractivity contribution in [3.63, 3.8) is 0 Å². The Morgan fingerprint density at radius 1 is 1.44 bits per heavy atom. The van der Waals surface area contributed by atoms with E-state index in [-0.39, 0.29) is 29.4 Å². The molecule has 0 fully saturated rings. The Labute approximate surface area is 105 Å². The van der Waals surface area contributed by atoms with E-state index in [2.05, 4.69) is 5.92 Å². The molecule has 0 amide bonds. The van der Waals surface area contributed by atoms with E-state index >= 15 is 0 Å². The summed E-state index contributed by atoms with van der Waals surface area (Å²) in [6.45, 7) is 0.0223. The molecule has 0 saturated heterocycles. The molecule has 0 aliphatic heterocycles. The third-order valence-corrected chi connectivity index (χ3v) is 3.80. The Bertz CT molecular complexity index is 568. The van der Waals surface area contributed by atoms with Crippen LogP contribution >= 0.6 is 0 Å². The molecule has 0 spiro atoms. The van der Waals surface area contributed by atoms with Gasteiger partial charge in [-0.2, -0.15) is 0 Å². The van der Waals surface area contributed by atoms with Crippen LogP contribution in [0.1, 0.15) is 10.4 Å². The average Bonchev–Trinajstić information content (AvgIpc) is 2.35. The fraction of sp³-hybridized carbons (Fsp3) is 0.250. The highest BCUT2D eigenvalue weighted by Gasteiger charge is 2.16. The van der Waals surface area contributed by atoms with Gasteiger partial charge < -0.3 is 9.84 Å². The van der Waals surface area contributed by atoms with E-state index in [9.17, 15) is 13.2 Å². The highest BCUT2D eigenvalue weighted by atomic mass is 32.2. The predicted molar refractivity (Wildman–Crippen MR) is 65.1 cm³/mol. The van der Waals surface area contributed by atoms with Crippen molar-refractivity contribution in [3.8, 4) is 12.3 Å². The quantitative estimate of drug-likeness (QED) is 0.610. The Balaban J connectivity index is 2.82. The number of carboxylic acids is 1. The Kier molecular flexibility index (Phi) is 4.89. The number of sulfone groups is 1. The van der Waals surface area contributed by atoms with Crippen LogP contribution < -0.4 is 0 Å². The number of hydrogen-bond acceptors (Lipinski definition) is 4. The molecule has 0 saturated carbocycles. The van der Waals surface area contributed by atoms with Gasteiger partial charge >= 0.3 is 5.97 Å². The van der Waals surface area contributed by atoms with Crippen molar-refractivity contribution in [2.24, 2.45) is 0 Å². The van der Waals surface area contributed by atoms with E-state index in [0.717, 1.165) is 6.07 Å². The first-order chi connectivity index (χ1) is 8.47. The number of benzene rings is 1. The van der Waals surface area contributed by atoms with Gasteiger partial charge in [0.15, 0.2) is 9.84 Å². The maximum absolute atomic E-state index is 11.8. The maximum Gasteiger partial charge on any atom is 0.335 e. The SMILES string of the molecule is C#CCOCCS(=O)(=O)c1cccc(C(=O)O)c1. The van der Waals surface area contributed by atoms with E-state index < -0.39 is 15.8 Å². The van der Waals surface area contributed by atoms with Gasteiger partial charge in [-0.05, 0) is 18.2 Å². The second-order valence-electron chi connectivity index (χ2n) is 3.41. The van der Waals surface area contributed by atoms with E-state index in [0.29, 0.717) is 0 Å². The smallest absolute Gasteiger partial charge is 0.335 e. The summed E-state index contributed by atoms with van der Waals surface area (Å²) in [5.74, 6) is 0.814. The molecule has 0 atom stereocenters. The van der Waals surface area contributed by atoms with Gasteiger partial charge in [-0.15, -0.1) is 6.42 Å². The van der Waals surface area contributed by atoms with Gasteiger partial charge in [0.05, 0.1) is 22.8 Å². The molecular formula is C12H12O5S. The predicted octanol–water partition coefficient (Wildman–Crippen LogP) is 0.808. The molecule has 0 bridgehead atoms. The third-order valence-electron chi connectivity index (χ3n) is 2.12. The third kappa shape index (κ3) is 3.87. The van der Waals surface area contributed by atoms with E-state index in [1.807, 2.05) is 0 Å². The maximum atomic E-state index is 11.8. The van der Waals surface area contributed by atoms with Gasteiger partial charge in [0.25, 0.3) is 0 Å². The van der Waals surface area contributed by atoms with Crippen molar-refractivity contribution in [2.75, 3.05) is 19.0 Å². The fourth-order valence-electron chi connectivity index (χ4n) is 1.24. The summed E-state index contributed by atoms with van der Waals surface area (Å²) >= 11 is 0. The molecule has 0 unspecified atom stereocenters. The summed E-state index contributed by atoms with van der Waals surface area (Å²) in [7, 11) is -3.55. The largest absolute Gasteiger partial charge is 0.478 e. The number of carbonyl (C=O) groups is 1. The average molecular weight is 268 g/mol. The number of ether oxygens (including phenoxy) is 1. The van der Waals surface area contributed by atoms with Gasteiger partial charge in [-0.1, -0.05) is 12.0 Å². The molecule has 18 heavy (non-hydrogen) atoms. The van der Waals surface area contributed by atoms with Crippen LogP contribution in [0.15, 0.2) is 29.2 Å². The molecule has 0 aliphatic carbocycles. The minimum absolute atomic E-state index is 0.0240. The van der Waals surface area contributed by atoms with Gasteiger partial charge in [-0.25, -0.2) is 13.2 Å². The summed E-state index contributed by atoms with van der Waals surface area (Å²) in [5, 5.41) is 8.78. The lowest BCUT2D eigenvalue weighted by atomic mass is 10.2. The first-order valence-corrected chi connectivity index (χ1v) is 6.70. The van der Waals surface area contributed by atoms with E-state index in [4.69, 9.17) is 16.3 Å². The monoisotopic (exact) mass is 268 g/mol. The van der Waals surface area contributed by atoms with Crippen molar-refractivity contribution in [2.45, 2.75) is 4.90 Å². The molecule has 6 heteroatoms.